The van der Waals surface area contributed by atoms with Gasteiger partial charge in [-0.15, -0.1) is 0 Å². The monoisotopic (exact) mass is 391 g/mol. The molecule has 3 aromatic rings. The average Bonchev–Trinajstić information content (AvgIpc) is 3.13. The van der Waals surface area contributed by atoms with Crippen molar-refractivity contribution in [1.82, 2.24) is 14.7 Å². The van der Waals surface area contributed by atoms with Crippen LogP contribution in [-0.4, -0.2) is 47.3 Å². The summed E-state index contributed by atoms with van der Waals surface area (Å²) in [6, 6.07) is 18.8. The van der Waals surface area contributed by atoms with Crippen molar-refractivity contribution >= 4 is 11.9 Å². The van der Waals surface area contributed by atoms with E-state index in [0.29, 0.717) is 17.7 Å². The Morgan fingerprint density at radius 3 is 2.34 bits per heavy atom. The number of benzene rings is 2. The molecule has 0 aliphatic rings. The summed E-state index contributed by atoms with van der Waals surface area (Å²) in [5, 5.41) is 4.59. The largest absolute Gasteiger partial charge is 0.465 e. The molecule has 0 aliphatic carbocycles. The van der Waals surface area contributed by atoms with Crippen LogP contribution in [0.4, 0.5) is 0 Å². The van der Waals surface area contributed by atoms with Gasteiger partial charge in [-0.1, -0.05) is 30.3 Å². The third-order valence-electron chi connectivity index (χ3n) is 4.83. The van der Waals surface area contributed by atoms with Gasteiger partial charge in [-0.05, 0) is 48.7 Å². The predicted molar refractivity (Wildman–Crippen MR) is 112 cm³/mol. The molecule has 0 atom stereocenters. The third-order valence-corrected chi connectivity index (χ3v) is 4.83. The van der Waals surface area contributed by atoms with Crippen LogP contribution in [0.25, 0.3) is 11.3 Å². The lowest BCUT2D eigenvalue weighted by atomic mass is 10.1. The topological polar surface area (TPSA) is 64.4 Å². The van der Waals surface area contributed by atoms with Crippen LogP contribution in [0.5, 0.6) is 0 Å². The molecule has 6 heteroatoms. The van der Waals surface area contributed by atoms with Gasteiger partial charge in [0.05, 0.1) is 24.1 Å². The highest BCUT2D eigenvalue weighted by Crippen LogP contribution is 2.20. The molecule has 2 aromatic carbocycles. The number of rotatable bonds is 7. The molecular formula is C23H25N3O3. The average molecular weight is 391 g/mol. The van der Waals surface area contributed by atoms with E-state index in [0.717, 1.165) is 29.8 Å². The molecule has 0 aliphatic heterocycles. The number of ether oxygens (including phenoxy) is 1. The van der Waals surface area contributed by atoms with E-state index in [2.05, 4.69) is 28.0 Å². The molecule has 6 nitrogen and oxygen atoms in total. The van der Waals surface area contributed by atoms with Crippen LogP contribution in [0.2, 0.25) is 0 Å². The molecule has 0 spiro atoms. The van der Waals surface area contributed by atoms with Crippen molar-refractivity contribution in [1.29, 1.82) is 0 Å². The number of aromatic nitrogens is 2. The number of methoxy groups -OCH3 is 1. The second-order valence-corrected chi connectivity index (χ2v) is 6.91. The molecule has 0 N–H and O–H groups in total. The summed E-state index contributed by atoms with van der Waals surface area (Å²) in [4.78, 5) is 25.8. The van der Waals surface area contributed by atoms with E-state index in [1.54, 1.807) is 36.2 Å². The lowest BCUT2D eigenvalue weighted by Crippen LogP contribution is -2.28. The van der Waals surface area contributed by atoms with Gasteiger partial charge < -0.3 is 9.64 Å². The first-order chi connectivity index (χ1) is 14.0. The normalized spacial score (nSPS) is 10.6. The third kappa shape index (κ3) is 4.90. The zero-order chi connectivity index (χ0) is 20.8. The van der Waals surface area contributed by atoms with Gasteiger partial charge in [-0.25, -0.2) is 4.79 Å². The summed E-state index contributed by atoms with van der Waals surface area (Å²) in [6.07, 6.45) is 1.60. The Morgan fingerprint density at radius 2 is 1.69 bits per heavy atom. The van der Waals surface area contributed by atoms with Crippen LogP contribution in [-0.2, 0) is 18.2 Å². The molecule has 0 saturated carbocycles. The van der Waals surface area contributed by atoms with Gasteiger partial charge in [0.25, 0.3) is 5.91 Å². The number of hydrogen-bond acceptors (Lipinski definition) is 4. The fraction of sp³-hybridized carbons (Fsp3) is 0.261. The molecule has 0 fully saturated rings. The summed E-state index contributed by atoms with van der Waals surface area (Å²) in [6.45, 7) is 0.620. The summed E-state index contributed by atoms with van der Waals surface area (Å²) in [7, 11) is 5.06. The Morgan fingerprint density at radius 1 is 1.03 bits per heavy atom. The number of carbonyl (C=O) groups is 2. The smallest absolute Gasteiger partial charge is 0.337 e. The van der Waals surface area contributed by atoms with Gasteiger partial charge in [0.1, 0.15) is 0 Å². The standard InChI is InChI=1S/C23H25N3O3/c1-25(22(27)18-11-13-19(14-12-18)23(28)29-3)15-7-10-20-16-21(26(2)24-20)17-8-5-4-6-9-17/h4-6,8-9,11-14,16H,7,10,15H2,1-3H3. The Labute approximate surface area is 170 Å². The minimum absolute atomic E-state index is 0.0765. The maximum Gasteiger partial charge on any atom is 0.337 e. The minimum atomic E-state index is -0.414. The Bertz CT molecular complexity index is 978. The molecule has 29 heavy (non-hydrogen) atoms. The van der Waals surface area contributed by atoms with E-state index in [4.69, 9.17) is 0 Å². The molecule has 0 radical (unpaired) electrons. The summed E-state index contributed by atoms with van der Waals surface area (Å²) < 4.78 is 6.57. The highest BCUT2D eigenvalue weighted by Gasteiger charge is 2.14. The van der Waals surface area contributed by atoms with E-state index < -0.39 is 5.97 Å². The van der Waals surface area contributed by atoms with Gasteiger partial charge in [-0.2, -0.15) is 5.10 Å². The molecule has 150 valence electrons. The molecule has 1 amide bonds. The molecule has 0 bridgehead atoms. The van der Waals surface area contributed by atoms with Crippen molar-refractivity contribution in [3.05, 3.63) is 77.5 Å². The predicted octanol–water partition coefficient (Wildman–Crippen LogP) is 3.58. The van der Waals surface area contributed by atoms with Crippen molar-refractivity contribution in [3.8, 4) is 11.3 Å². The second-order valence-electron chi connectivity index (χ2n) is 6.91. The number of amides is 1. The van der Waals surface area contributed by atoms with Crippen molar-refractivity contribution < 1.29 is 14.3 Å². The van der Waals surface area contributed by atoms with E-state index in [-0.39, 0.29) is 5.91 Å². The van der Waals surface area contributed by atoms with Crippen LogP contribution in [0.15, 0.2) is 60.7 Å². The quantitative estimate of drug-likeness (QED) is 0.578. The van der Waals surface area contributed by atoms with Gasteiger partial charge in [0, 0.05) is 26.2 Å². The number of esters is 1. The Kier molecular flexibility index (Phi) is 6.44. The Hall–Kier alpha value is -3.41. The molecule has 3 rings (SSSR count). The van der Waals surface area contributed by atoms with Gasteiger partial charge >= 0.3 is 5.97 Å². The minimum Gasteiger partial charge on any atom is -0.465 e. The highest BCUT2D eigenvalue weighted by molar-refractivity contribution is 5.96. The zero-order valence-electron chi connectivity index (χ0n) is 17.0. The summed E-state index contributed by atoms with van der Waals surface area (Å²) in [5.74, 6) is -0.491. The van der Waals surface area contributed by atoms with Crippen molar-refractivity contribution in [2.45, 2.75) is 12.8 Å². The SMILES string of the molecule is COC(=O)c1ccc(C(=O)N(C)CCCc2cc(-c3ccccc3)n(C)n2)cc1. The van der Waals surface area contributed by atoms with E-state index in [1.807, 2.05) is 29.9 Å². The van der Waals surface area contributed by atoms with Crippen LogP contribution in [0.3, 0.4) is 0 Å². The summed E-state index contributed by atoms with van der Waals surface area (Å²) >= 11 is 0. The maximum atomic E-state index is 12.6. The first kappa shape index (κ1) is 20.3. The van der Waals surface area contributed by atoms with E-state index in [1.165, 1.54) is 7.11 Å². The highest BCUT2D eigenvalue weighted by atomic mass is 16.5. The second kappa shape index (κ2) is 9.19. The molecule has 1 aromatic heterocycles. The first-order valence-electron chi connectivity index (χ1n) is 9.52. The van der Waals surface area contributed by atoms with Crippen LogP contribution >= 0.6 is 0 Å². The molecule has 0 saturated heterocycles. The zero-order valence-corrected chi connectivity index (χ0v) is 17.0. The molecule has 0 unspecified atom stereocenters. The van der Waals surface area contributed by atoms with Gasteiger partial charge in [-0.3, -0.25) is 9.48 Å². The number of hydrogen-bond donors (Lipinski definition) is 0. The van der Waals surface area contributed by atoms with Gasteiger partial charge in [0.15, 0.2) is 0 Å². The summed E-state index contributed by atoms with van der Waals surface area (Å²) in [5.41, 5.74) is 4.20. The molecular weight excluding hydrogens is 366 g/mol. The van der Waals surface area contributed by atoms with Crippen molar-refractivity contribution in [2.24, 2.45) is 7.05 Å². The van der Waals surface area contributed by atoms with E-state index >= 15 is 0 Å². The maximum absolute atomic E-state index is 12.6. The number of nitrogens with zero attached hydrogens (tertiary/aromatic N) is 3. The Balaban J connectivity index is 1.55. The van der Waals surface area contributed by atoms with Crippen LogP contribution in [0.1, 0.15) is 32.8 Å². The molecule has 1 heterocycles. The lowest BCUT2D eigenvalue weighted by molar-refractivity contribution is 0.0600. The first-order valence-corrected chi connectivity index (χ1v) is 9.52. The van der Waals surface area contributed by atoms with Crippen molar-refractivity contribution in [3.63, 3.8) is 0 Å². The number of aryl methyl sites for hydroxylation is 2. The van der Waals surface area contributed by atoms with Crippen molar-refractivity contribution in [2.75, 3.05) is 20.7 Å². The van der Waals surface area contributed by atoms with Crippen LogP contribution in [0, 0.1) is 0 Å². The lowest BCUT2D eigenvalue weighted by Gasteiger charge is -2.17. The fourth-order valence-electron chi connectivity index (χ4n) is 3.21. The van der Waals surface area contributed by atoms with Gasteiger partial charge in [0.2, 0.25) is 0 Å². The number of carbonyl (C=O) groups excluding carboxylic acids is 2. The fourth-order valence-corrected chi connectivity index (χ4v) is 3.21. The van der Waals surface area contributed by atoms with Crippen LogP contribution < -0.4 is 0 Å². The van der Waals surface area contributed by atoms with E-state index in [9.17, 15) is 9.59 Å².